The fourth-order valence-electron chi connectivity index (χ4n) is 2.36. The molecule has 1 fully saturated rings. The average molecular weight is 235 g/mol. The lowest BCUT2D eigenvalue weighted by Crippen LogP contribution is -2.45. The topological polar surface area (TPSA) is 29.1 Å². The summed E-state index contributed by atoms with van der Waals surface area (Å²) in [5, 5.41) is 3.26. The maximum absolute atomic E-state index is 13.0. The Kier molecular flexibility index (Phi) is 3.29. The first-order valence-corrected chi connectivity index (χ1v) is 6.05. The maximum Gasteiger partial charge on any atom is 0.156 e. The first kappa shape index (κ1) is 12.2. The highest BCUT2D eigenvalue weighted by Gasteiger charge is 2.35. The molecule has 0 amide bonds. The molecule has 1 aromatic rings. The van der Waals surface area contributed by atoms with E-state index in [1.807, 2.05) is 13.8 Å². The number of benzene rings is 1. The van der Waals surface area contributed by atoms with Gasteiger partial charge in [0.25, 0.3) is 0 Å². The van der Waals surface area contributed by atoms with E-state index in [9.17, 15) is 9.18 Å². The normalized spacial score (nSPS) is 23.9. The molecule has 1 unspecified atom stereocenters. The van der Waals surface area contributed by atoms with Crippen LogP contribution in [0.1, 0.15) is 30.9 Å². The molecule has 0 radical (unpaired) electrons. The summed E-state index contributed by atoms with van der Waals surface area (Å²) in [6, 6.07) is 4.61. The van der Waals surface area contributed by atoms with E-state index in [1.54, 1.807) is 6.07 Å². The Hall–Kier alpha value is -1.22. The molecule has 0 bridgehead atoms. The van der Waals surface area contributed by atoms with Gasteiger partial charge in [0.1, 0.15) is 5.82 Å². The van der Waals surface area contributed by atoms with Gasteiger partial charge in [-0.2, -0.15) is 0 Å². The summed E-state index contributed by atoms with van der Waals surface area (Å²) in [6.07, 6.45) is 2.33. The average Bonchev–Trinajstić information content (AvgIpc) is 2.71. The van der Waals surface area contributed by atoms with Gasteiger partial charge in [-0.1, -0.05) is 6.07 Å². The quantitative estimate of drug-likeness (QED) is 0.871. The van der Waals surface area contributed by atoms with Gasteiger partial charge in [-0.25, -0.2) is 4.39 Å². The number of carbonyl (C=O) groups is 1. The lowest BCUT2D eigenvalue weighted by Gasteiger charge is -2.23. The lowest BCUT2D eigenvalue weighted by molar-refractivity contribution is -0.123. The van der Waals surface area contributed by atoms with Gasteiger partial charge < -0.3 is 5.32 Å². The zero-order valence-corrected chi connectivity index (χ0v) is 10.3. The molecular weight excluding hydrogens is 217 g/mol. The molecule has 92 valence electrons. The van der Waals surface area contributed by atoms with Crippen LogP contribution in [0.3, 0.4) is 0 Å². The van der Waals surface area contributed by atoms with E-state index in [1.165, 1.54) is 12.1 Å². The Morgan fingerprint density at radius 3 is 2.88 bits per heavy atom. The fourth-order valence-corrected chi connectivity index (χ4v) is 2.36. The van der Waals surface area contributed by atoms with Crippen LogP contribution in [0.2, 0.25) is 0 Å². The zero-order chi connectivity index (χ0) is 12.5. The summed E-state index contributed by atoms with van der Waals surface area (Å²) in [6.45, 7) is 4.71. The van der Waals surface area contributed by atoms with E-state index in [-0.39, 0.29) is 17.1 Å². The molecule has 1 saturated heterocycles. The van der Waals surface area contributed by atoms with Gasteiger partial charge in [-0.05, 0) is 56.5 Å². The third-order valence-corrected chi connectivity index (χ3v) is 3.64. The Balaban J connectivity index is 2.13. The smallest absolute Gasteiger partial charge is 0.156 e. The summed E-state index contributed by atoms with van der Waals surface area (Å²) >= 11 is 0. The number of aryl methyl sites for hydroxylation is 1. The summed E-state index contributed by atoms with van der Waals surface area (Å²) in [5.74, 6) is -0.0476. The fraction of sp³-hybridized carbons (Fsp3) is 0.500. The molecule has 0 aliphatic carbocycles. The molecule has 2 rings (SSSR count). The maximum atomic E-state index is 13.0. The number of halogens is 1. The highest BCUT2D eigenvalue weighted by Crippen LogP contribution is 2.22. The van der Waals surface area contributed by atoms with E-state index in [0.717, 1.165) is 30.5 Å². The van der Waals surface area contributed by atoms with Crippen molar-refractivity contribution in [2.75, 3.05) is 6.54 Å². The van der Waals surface area contributed by atoms with Gasteiger partial charge in [0.2, 0.25) is 0 Å². The van der Waals surface area contributed by atoms with Crippen LogP contribution >= 0.6 is 0 Å². The number of Topliss-reactive ketones (excluding diaryl/α,β-unsaturated/α-hetero) is 1. The van der Waals surface area contributed by atoms with Gasteiger partial charge in [0, 0.05) is 6.42 Å². The minimum absolute atomic E-state index is 0.199. The minimum Gasteiger partial charge on any atom is -0.305 e. The lowest BCUT2D eigenvalue weighted by atomic mass is 9.89. The van der Waals surface area contributed by atoms with Gasteiger partial charge in [0.15, 0.2) is 5.78 Å². The number of carbonyl (C=O) groups excluding carboxylic acids is 1. The first-order valence-electron chi connectivity index (χ1n) is 6.05. The minimum atomic E-state index is -0.388. The SMILES string of the molecule is Cc1cc(F)ccc1CC(=O)C1(C)CCCN1. The Morgan fingerprint density at radius 2 is 2.29 bits per heavy atom. The van der Waals surface area contributed by atoms with Crippen LogP contribution in [0.5, 0.6) is 0 Å². The van der Waals surface area contributed by atoms with E-state index in [0.29, 0.717) is 6.42 Å². The molecule has 1 N–H and O–H groups in total. The molecule has 1 aliphatic heterocycles. The number of hydrogen-bond donors (Lipinski definition) is 1. The molecule has 0 saturated carbocycles. The van der Waals surface area contributed by atoms with E-state index in [2.05, 4.69) is 5.32 Å². The second-order valence-electron chi connectivity index (χ2n) is 5.03. The number of hydrogen-bond acceptors (Lipinski definition) is 2. The van der Waals surface area contributed by atoms with Crippen molar-refractivity contribution in [2.24, 2.45) is 0 Å². The molecule has 1 aromatic carbocycles. The van der Waals surface area contributed by atoms with Crippen molar-refractivity contribution >= 4 is 5.78 Å². The zero-order valence-electron chi connectivity index (χ0n) is 10.3. The van der Waals surface area contributed by atoms with Gasteiger partial charge in [0.05, 0.1) is 5.54 Å². The monoisotopic (exact) mass is 235 g/mol. The van der Waals surface area contributed by atoms with Crippen LogP contribution in [0.25, 0.3) is 0 Å². The summed E-state index contributed by atoms with van der Waals surface area (Å²) in [7, 11) is 0. The largest absolute Gasteiger partial charge is 0.305 e. The number of nitrogens with one attached hydrogen (secondary N) is 1. The number of rotatable bonds is 3. The van der Waals surface area contributed by atoms with Crippen molar-refractivity contribution < 1.29 is 9.18 Å². The summed E-state index contributed by atoms with van der Waals surface area (Å²) < 4.78 is 13.0. The molecular formula is C14H18FNO. The van der Waals surface area contributed by atoms with E-state index >= 15 is 0 Å². The highest BCUT2D eigenvalue weighted by atomic mass is 19.1. The molecule has 1 atom stereocenters. The Bertz CT molecular complexity index is 436. The van der Waals surface area contributed by atoms with Gasteiger partial charge in [-0.15, -0.1) is 0 Å². The molecule has 1 aliphatic rings. The standard InChI is InChI=1S/C14H18FNO/c1-10-8-12(15)5-4-11(10)9-13(17)14(2)6-3-7-16-14/h4-5,8,16H,3,6-7,9H2,1-2H3. The van der Waals surface area contributed by atoms with Crippen LogP contribution in [-0.4, -0.2) is 17.9 Å². The third kappa shape index (κ3) is 2.55. The van der Waals surface area contributed by atoms with Gasteiger partial charge in [-0.3, -0.25) is 4.79 Å². The predicted molar refractivity (Wildman–Crippen MR) is 65.5 cm³/mol. The summed E-state index contributed by atoms with van der Waals surface area (Å²) in [5.41, 5.74) is 1.38. The second-order valence-corrected chi connectivity index (χ2v) is 5.03. The van der Waals surface area contributed by atoms with Crippen molar-refractivity contribution in [3.63, 3.8) is 0 Å². The Morgan fingerprint density at radius 1 is 1.53 bits per heavy atom. The van der Waals surface area contributed by atoms with Crippen molar-refractivity contribution in [2.45, 2.75) is 38.6 Å². The number of ketones is 1. The van der Waals surface area contributed by atoms with Gasteiger partial charge >= 0.3 is 0 Å². The van der Waals surface area contributed by atoms with Crippen LogP contribution in [-0.2, 0) is 11.2 Å². The molecule has 1 heterocycles. The highest BCUT2D eigenvalue weighted by molar-refractivity contribution is 5.90. The van der Waals surface area contributed by atoms with Crippen molar-refractivity contribution in [1.82, 2.24) is 5.32 Å². The predicted octanol–water partition coefficient (Wildman–Crippen LogP) is 2.39. The molecule has 2 nitrogen and oxygen atoms in total. The van der Waals surface area contributed by atoms with Crippen molar-refractivity contribution in [3.8, 4) is 0 Å². The van der Waals surface area contributed by atoms with Crippen LogP contribution < -0.4 is 5.32 Å². The molecule has 0 aromatic heterocycles. The van der Waals surface area contributed by atoms with E-state index < -0.39 is 0 Å². The van der Waals surface area contributed by atoms with Crippen LogP contribution in [0.4, 0.5) is 4.39 Å². The van der Waals surface area contributed by atoms with Crippen molar-refractivity contribution in [3.05, 3.63) is 35.1 Å². The Labute approximate surface area is 101 Å². The van der Waals surface area contributed by atoms with Crippen molar-refractivity contribution in [1.29, 1.82) is 0 Å². The molecule has 0 spiro atoms. The first-order chi connectivity index (χ1) is 8.01. The van der Waals surface area contributed by atoms with Crippen LogP contribution in [0.15, 0.2) is 18.2 Å². The molecule has 3 heteroatoms. The van der Waals surface area contributed by atoms with E-state index in [4.69, 9.17) is 0 Å². The van der Waals surface area contributed by atoms with Crippen LogP contribution in [0, 0.1) is 12.7 Å². The third-order valence-electron chi connectivity index (χ3n) is 3.64. The second kappa shape index (κ2) is 4.57. The summed E-state index contributed by atoms with van der Waals surface area (Å²) in [4.78, 5) is 12.2. The molecule has 17 heavy (non-hydrogen) atoms.